The van der Waals surface area contributed by atoms with Crippen molar-refractivity contribution in [2.75, 3.05) is 29.9 Å². The first-order valence-corrected chi connectivity index (χ1v) is 10.6. The Morgan fingerprint density at radius 3 is 2.04 bits per heavy atom. The zero-order valence-electron chi connectivity index (χ0n) is 16.0. The quantitative estimate of drug-likeness (QED) is 0.691. The molecule has 0 heterocycles. The predicted octanol–water partition coefficient (Wildman–Crippen LogP) is 3.01. The van der Waals surface area contributed by atoms with E-state index in [-0.39, 0.29) is 11.4 Å². The van der Waals surface area contributed by atoms with Gasteiger partial charge in [-0.05, 0) is 62.2 Å². The molecule has 2 N–H and O–H groups in total. The topological polar surface area (TPSA) is 78.5 Å². The first-order chi connectivity index (χ1) is 12.9. The predicted molar refractivity (Wildman–Crippen MR) is 110 cm³/mol. The molecule has 0 spiro atoms. The van der Waals surface area contributed by atoms with Gasteiger partial charge in [0.1, 0.15) is 0 Å². The Morgan fingerprint density at radius 1 is 0.926 bits per heavy atom. The molecule has 2 rings (SSSR count). The van der Waals surface area contributed by atoms with Crippen LogP contribution in [0.4, 0.5) is 11.4 Å². The minimum atomic E-state index is -3.71. The van der Waals surface area contributed by atoms with E-state index in [9.17, 15) is 13.2 Å². The summed E-state index contributed by atoms with van der Waals surface area (Å²) in [6.45, 7) is 7.66. The van der Waals surface area contributed by atoms with Gasteiger partial charge in [-0.1, -0.05) is 19.1 Å². The molecule has 0 atom stereocenters. The molecule has 0 saturated heterocycles. The number of nitrogens with one attached hydrogen (secondary N) is 2. The second-order valence-electron chi connectivity index (χ2n) is 6.09. The number of benzene rings is 2. The molecular weight excluding hydrogens is 362 g/mol. The number of rotatable bonds is 9. The summed E-state index contributed by atoms with van der Waals surface area (Å²) >= 11 is 0. The van der Waals surface area contributed by atoms with Crippen molar-refractivity contribution in [3.63, 3.8) is 0 Å². The van der Waals surface area contributed by atoms with Gasteiger partial charge in [-0.25, -0.2) is 13.1 Å². The molecule has 0 aliphatic heterocycles. The van der Waals surface area contributed by atoms with Crippen LogP contribution in [0.3, 0.4) is 0 Å². The van der Waals surface area contributed by atoms with Crippen LogP contribution >= 0.6 is 0 Å². The Balaban J connectivity index is 1.93. The van der Waals surface area contributed by atoms with Crippen LogP contribution in [0.2, 0.25) is 0 Å². The summed E-state index contributed by atoms with van der Waals surface area (Å²) in [6.07, 6.45) is 0.837. The van der Waals surface area contributed by atoms with Crippen LogP contribution in [-0.2, 0) is 21.2 Å². The van der Waals surface area contributed by atoms with Crippen molar-refractivity contribution in [1.29, 1.82) is 0 Å². The smallest absolute Gasteiger partial charge is 0.241 e. The number of sulfonamides is 1. The maximum absolute atomic E-state index is 12.3. The zero-order chi connectivity index (χ0) is 19.9. The molecule has 6 nitrogen and oxygen atoms in total. The molecule has 0 saturated carbocycles. The Hall–Kier alpha value is -2.38. The number of amides is 1. The van der Waals surface area contributed by atoms with Crippen molar-refractivity contribution in [3.05, 3.63) is 54.1 Å². The van der Waals surface area contributed by atoms with Gasteiger partial charge in [0.2, 0.25) is 15.9 Å². The largest absolute Gasteiger partial charge is 0.372 e. The number of carbonyl (C=O) groups is 1. The van der Waals surface area contributed by atoms with Gasteiger partial charge >= 0.3 is 0 Å². The summed E-state index contributed by atoms with van der Waals surface area (Å²) in [5, 5.41) is 2.70. The Labute approximate surface area is 161 Å². The van der Waals surface area contributed by atoms with Crippen molar-refractivity contribution < 1.29 is 13.2 Å². The van der Waals surface area contributed by atoms with E-state index < -0.39 is 15.9 Å². The molecule has 1 amide bonds. The van der Waals surface area contributed by atoms with E-state index in [4.69, 9.17) is 0 Å². The SMILES string of the molecule is CCc1ccc(S(=O)(=O)NCC(=O)Nc2ccc(N(CC)CC)cc2)cc1. The van der Waals surface area contributed by atoms with Crippen LogP contribution in [0.15, 0.2) is 53.4 Å². The van der Waals surface area contributed by atoms with Crippen molar-refractivity contribution in [3.8, 4) is 0 Å². The zero-order valence-corrected chi connectivity index (χ0v) is 16.8. The van der Waals surface area contributed by atoms with Crippen LogP contribution in [0, 0.1) is 0 Å². The van der Waals surface area contributed by atoms with E-state index in [1.807, 2.05) is 31.2 Å². The van der Waals surface area contributed by atoms with Gasteiger partial charge in [0.25, 0.3) is 0 Å². The molecule has 0 fully saturated rings. The summed E-state index contributed by atoms with van der Waals surface area (Å²) in [6, 6.07) is 14.1. The molecule has 2 aromatic carbocycles. The van der Waals surface area contributed by atoms with Gasteiger partial charge in [0.05, 0.1) is 11.4 Å². The second-order valence-corrected chi connectivity index (χ2v) is 7.86. The maximum Gasteiger partial charge on any atom is 0.241 e. The minimum absolute atomic E-state index is 0.149. The standard InChI is InChI=1S/C20H27N3O3S/c1-4-16-7-13-19(14-8-16)27(25,26)21-15-20(24)22-17-9-11-18(12-10-17)23(5-2)6-3/h7-14,21H,4-6,15H2,1-3H3,(H,22,24). The third kappa shape index (κ3) is 5.80. The number of anilines is 2. The fourth-order valence-corrected chi connectivity index (χ4v) is 3.68. The molecule has 0 unspecified atom stereocenters. The van der Waals surface area contributed by atoms with Crippen molar-refractivity contribution in [2.24, 2.45) is 0 Å². The Kier molecular flexibility index (Phi) is 7.38. The normalized spacial score (nSPS) is 11.2. The van der Waals surface area contributed by atoms with Crippen molar-refractivity contribution in [1.82, 2.24) is 4.72 Å². The summed E-state index contributed by atoms with van der Waals surface area (Å²) in [5.41, 5.74) is 2.76. The molecule has 0 aliphatic carbocycles. The number of carbonyl (C=O) groups excluding carboxylic acids is 1. The molecular formula is C20H27N3O3S. The van der Waals surface area contributed by atoms with Crippen molar-refractivity contribution >= 4 is 27.3 Å². The lowest BCUT2D eigenvalue weighted by molar-refractivity contribution is -0.115. The van der Waals surface area contributed by atoms with E-state index >= 15 is 0 Å². The van der Waals surface area contributed by atoms with E-state index in [1.165, 1.54) is 0 Å². The Bertz CT molecular complexity index is 843. The molecule has 146 valence electrons. The lowest BCUT2D eigenvalue weighted by Crippen LogP contribution is -2.32. The lowest BCUT2D eigenvalue weighted by Gasteiger charge is -2.21. The molecule has 27 heavy (non-hydrogen) atoms. The van der Waals surface area contributed by atoms with Gasteiger partial charge in [-0.3, -0.25) is 4.79 Å². The van der Waals surface area contributed by atoms with Gasteiger partial charge in [0, 0.05) is 24.5 Å². The van der Waals surface area contributed by atoms with Crippen LogP contribution < -0.4 is 14.9 Å². The Morgan fingerprint density at radius 2 is 1.52 bits per heavy atom. The fourth-order valence-electron chi connectivity index (χ4n) is 2.70. The number of nitrogens with zero attached hydrogens (tertiary/aromatic N) is 1. The second kappa shape index (κ2) is 9.53. The fraction of sp³-hybridized carbons (Fsp3) is 0.350. The monoisotopic (exact) mass is 389 g/mol. The van der Waals surface area contributed by atoms with E-state index in [0.29, 0.717) is 5.69 Å². The molecule has 0 bridgehead atoms. The highest BCUT2D eigenvalue weighted by atomic mass is 32.2. The van der Waals surface area contributed by atoms with Gasteiger partial charge in [-0.15, -0.1) is 0 Å². The number of hydrogen-bond donors (Lipinski definition) is 2. The minimum Gasteiger partial charge on any atom is -0.372 e. The van der Waals surface area contributed by atoms with E-state index in [2.05, 4.69) is 28.8 Å². The van der Waals surface area contributed by atoms with Gasteiger partial charge in [0.15, 0.2) is 0 Å². The summed E-state index contributed by atoms with van der Waals surface area (Å²) < 4.78 is 26.9. The molecule has 2 aromatic rings. The molecule has 7 heteroatoms. The van der Waals surface area contributed by atoms with Crippen LogP contribution in [0.1, 0.15) is 26.3 Å². The average Bonchev–Trinajstić information content (AvgIpc) is 2.69. The molecule has 0 aliphatic rings. The van der Waals surface area contributed by atoms with Gasteiger partial charge in [-0.2, -0.15) is 0 Å². The third-order valence-electron chi connectivity index (χ3n) is 4.34. The maximum atomic E-state index is 12.3. The van der Waals surface area contributed by atoms with E-state index in [0.717, 1.165) is 30.8 Å². The first kappa shape index (κ1) is 20.9. The van der Waals surface area contributed by atoms with Crippen LogP contribution in [0.5, 0.6) is 0 Å². The number of aryl methyl sites for hydroxylation is 1. The molecule has 0 radical (unpaired) electrons. The average molecular weight is 390 g/mol. The first-order valence-electron chi connectivity index (χ1n) is 9.13. The summed E-state index contributed by atoms with van der Waals surface area (Å²) in [5.74, 6) is -0.417. The highest BCUT2D eigenvalue weighted by Gasteiger charge is 2.15. The number of hydrogen-bond acceptors (Lipinski definition) is 4. The van der Waals surface area contributed by atoms with Crippen molar-refractivity contribution in [2.45, 2.75) is 32.1 Å². The van der Waals surface area contributed by atoms with Gasteiger partial charge < -0.3 is 10.2 Å². The highest BCUT2D eigenvalue weighted by molar-refractivity contribution is 7.89. The van der Waals surface area contributed by atoms with E-state index in [1.54, 1.807) is 24.3 Å². The van der Waals surface area contributed by atoms with Crippen LogP contribution in [0.25, 0.3) is 0 Å². The molecule has 0 aromatic heterocycles. The summed E-state index contributed by atoms with van der Waals surface area (Å²) in [7, 11) is -3.71. The highest BCUT2D eigenvalue weighted by Crippen LogP contribution is 2.17. The summed E-state index contributed by atoms with van der Waals surface area (Å²) in [4.78, 5) is 14.4. The third-order valence-corrected chi connectivity index (χ3v) is 5.76. The lowest BCUT2D eigenvalue weighted by atomic mass is 10.2. The van der Waals surface area contributed by atoms with Crippen LogP contribution in [-0.4, -0.2) is 34.0 Å².